The van der Waals surface area contributed by atoms with Crippen LogP contribution >= 0.6 is 15.9 Å². The molecule has 0 atom stereocenters. The van der Waals surface area contributed by atoms with Gasteiger partial charge in [-0.05, 0) is 159 Å². The molecule has 0 bridgehead atoms. The highest BCUT2D eigenvalue weighted by atomic mass is 79.9. The Labute approximate surface area is 356 Å². The first kappa shape index (κ1) is 40.6. The van der Waals surface area contributed by atoms with Crippen molar-refractivity contribution in [1.82, 2.24) is 15.0 Å². The van der Waals surface area contributed by atoms with Gasteiger partial charge in [0.1, 0.15) is 17.5 Å². The fraction of sp³-hybridized carbons (Fsp3) is 0.135. The number of aryl methyl sites for hydroxylation is 6. The van der Waals surface area contributed by atoms with Crippen LogP contribution in [0, 0.1) is 34.6 Å². The van der Waals surface area contributed by atoms with E-state index in [1.807, 2.05) is 91.0 Å². The number of nitrogens with zero attached hydrogens (tertiary/aromatic N) is 3. The zero-order chi connectivity index (χ0) is 41.3. The van der Waals surface area contributed by atoms with Gasteiger partial charge < -0.3 is 16.0 Å². The number of aromatic nitrogens is 3. The molecule has 3 aromatic heterocycles. The molecule has 7 heteroatoms. The lowest BCUT2D eigenvalue weighted by Crippen LogP contribution is -1.96. The van der Waals surface area contributed by atoms with Crippen LogP contribution in [-0.2, 0) is 6.42 Å². The Morgan fingerprint density at radius 1 is 0.424 bits per heavy atom. The Morgan fingerprint density at radius 2 is 0.847 bits per heavy atom. The molecule has 6 nitrogen and oxygen atoms in total. The second kappa shape index (κ2) is 18.8. The molecule has 0 radical (unpaired) electrons. The first-order chi connectivity index (χ1) is 28.6. The van der Waals surface area contributed by atoms with Crippen molar-refractivity contribution in [2.75, 3.05) is 16.0 Å². The molecule has 0 saturated carbocycles. The lowest BCUT2D eigenvalue weighted by atomic mass is 10.0. The van der Waals surface area contributed by atoms with Crippen LogP contribution < -0.4 is 16.0 Å². The highest BCUT2D eigenvalue weighted by molar-refractivity contribution is 9.10. The van der Waals surface area contributed by atoms with Gasteiger partial charge in [0.2, 0.25) is 0 Å². The van der Waals surface area contributed by atoms with Gasteiger partial charge in [-0.2, -0.15) is 0 Å². The minimum atomic E-state index is 0.874. The van der Waals surface area contributed by atoms with Crippen molar-refractivity contribution in [2.45, 2.75) is 48.0 Å². The summed E-state index contributed by atoms with van der Waals surface area (Å²) < 4.78 is 1.07. The highest BCUT2D eigenvalue weighted by Crippen LogP contribution is 2.27. The summed E-state index contributed by atoms with van der Waals surface area (Å²) in [5.74, 6) is 2.66. The van der Waals surface area contributed by atoms with Crippen LogP contribution in [0.3, 0.4) is 0 Å². The van der Waals surface area contributed by atoms with Gasteiger partial charge in [-0.3, -0.25) is 0 Å². The summed E-state index contributed by atoms with van der Waals surface area (Å²) in [5.41, 5.74) is 13.9. The van der Waals surface area contributed by atoms with Gasteiger partial charge in [-0.15, -0.1) is 0 Å². The molecule has 0 aliphatic rings. The predicted molar refractivity (Wildman–Crippen MR) is 255 cm³/mol. The molecular formula is C52H49BrN6. The number of anilines is 6. The topological polar surface area (TPSA) is 74.8 Å². The Morgan fingerprint density at radius 3 is 1.37 bits per heavy atom. The van der Waals surface area contributed by atoms with Gasteiger partial charge >= 0.3 is 0 Å². The minimum Gasteiger partial charge on any atom is -0.340 e. The summed E-state index contributed by atoms with van der Waals surface area (Å²) in [6, 6.07) is 53.8. The summed E-state index contributed by atoms with van der Waals surface area (Å²) in [4.78, 5) is 14.0. The molecule has 0 unspecified atom stereocenters. The highest BCUT2D eigenvalue weighted by Gasteiger charge is 2.08. The third-order valence-corrected chi connectivity index (χ3v) is 10.6. The molecule has 294 valence electrons. The third kappa shape index (κ3) is 10.5. The summed E-state index contributed by atoms with van der Waals surface area (Å²) in [5, 5.41) is 13.7. The number of halogens is 1. The summed E-state index contributed by atoms with van der Waals surface area (Å²) in [7, 11) is 0. The Kier molecular flexibility index (Phi) is 12.9. The van der Waals surface area contributed by atoms with Crippen LogP contribution in [0.2, 0.25) is 0 Å². The summed E-state index contributed by atoms with van der Waals surface area (Å²) in [6.45, 7) is 12.8. The normalized spacial score (nSPS) is 10.7. The molecule has 0 saturated heterocycles. The molecule has 0 aliphatic heterocycles. The van der Waals surface area contributed by atoms with E-state index in [9.17, 15) is 0 Å². The van der Waals surface area contributed by atoms with Gasteiger partial charge in [0.05, 0.1) is 16.6 Å². The lowest BCUT2D eigenvalue weighted by molar-refractivity contribution is 1.14. The molecule has 59 heavy (non-hydrogen) atoms. The van der Waals surface area contributed by atoms with E-state index < -0.39 is 0 Å². The molecular weight excluding hydrogens is 789 g/mol. The van der Waals surface area contributed by atoms with E-state index in [-0.39, 0.29) is 0 Å². The molecule has 0 aliphatic carbocycles. The molecule has 6 aromatic carbocycles. The van der Waals surface area contributed by atoms with Crippen molar-refractivity contribution in [1.29, 1.82) is 0 Å². The number of rotatable bonds is 7. The quantitative estimate of drug-likeness (QED) is 0.148. The predicted octanol–water partition coefficient (Wildman–Crippen LogP) is 14.8. The van der Waals surface area contributed by atoms with Crippen LogP contribution in [0.1, 0.15) is 40.3 Å². The second-order valence-electron chi connectivity index (χ2n) is 14.8. The fourth-order valence-corrected chi connectivity index (χ4v) is 7.46. The van der Waals surface area contributed by atoms with Crippen LogP contribution in [0.25, 0.3) is 32.7 Å². The van der Waals surface area contributed by atoms with Gasteiger partial charge in [-0.1, -0.05) is 95.7 Å². The van der Waals surface area contributed by atoms with Gasteiger partial charge in [0.15, 0.2) is 0 Å². The van der Waals surface area contributed by atoms with Crippen molar-refractivity contribution in [3.8, 4) is 0 Å². The Bertz CT molecular complexity index is 2840. The first-order valence-electron chi connectivity index (χ1n) is 19.9. The van der Waals surface area contributed by atoms with Crippen molar-refractivity contribution in [3.63, 3.8) is 0 Å². The average Bonchev–Trinajstić information content (AvgIpc) is 3.22. The molecule has 3 heterocycles. The second-order valence-corrected chi connectivity index (χ2v) is 15.7. The lowest BCUT2D eigenvalue weighted by Gasteiger charge is -2.11. The molecule has 0 amide bonds. The summed E-state index contributed by atoms with van der Waals surface area (Å²) >= 11 is 3.43. The van der Waals surface area contributed by atoms with Crippen molar-refractivity contribution < 1.29 is 0 Å². The maximum absolute atomic E-state index is 4.74. The van der Waals surface area contributed by atoms with Crippen molar-refractivity contribution in [2.24, 2.45) is 0 Å². The fourth-order valence-electron chi connectivity index (χ4n) is 7.20. The number of hydrogen-bond acceptors (Lipinski definition) is 6. The van der Waals surface area contributed by atoms with E-state index in [1.54, 1.807) is 0 Å². The van der Waals surface area contributed by atoms with Crippen LogP contribution in [0.5, 0.6) is 0 Å². The maximum Gasteiger partial charge on any atom is 0.131 e. The third-order valence-electron chi connectivity index (χ3n) is 10.1. The van der Waals surface area contributed by atoms with Crippen molar-refractivity contribution in [3.05, 3.63) is 196 Å². The van der Waals surface area contributed by atoms with Crippen LogP contribution in [-0.4, -0.2) is 15.0 Å². The van der Waals surface area contributed by atoms with E-state index >= 15 is 0 Å². The first-order valence-corrected chi connectivity index (χ1v) is 20.7. The van der Waals surface area contributed by atoms with Gasteiger partial charge in [-0.25, -0.2) is 15.0 Å². The number of fused-ring (bicyclic) bond motifs is 3. The number of hydrogen-bond donors (Lipinski definition) is 3. The number of nitrogens with one attached hydrogen (secondary N) is 3. The van der Waals surface area contributed by atoms with Gasteiger partial charge in [0, 0.05) is 37.7 Å². The Balaban J connectivity index is 0.000000134. The number of para-hydroxylation sites is 3. The smallest absolute Gasteiger partial charge is 0.131 e. The van der Waals surface area contributed by atoms with E-state index in [2.05, 4.69) is 150 Å². The van der Waals surface area contributed by atoms with E-state index in [4.69, 9.17) is 4.98 Å². The zero-order valence-corrected chi connectivity index (χ0v) is 36.0. The standard InChI is InChI=1S/2C18H18N2.C16H13BrN2/c1-12-9-13(2)18-14(3)11-17(20-16(18)10-12)19-15-7-5-4-6-8-15;1-3-14-8-10-15(11-9-14)19-18-12-13(2)16-6-4-5-7-17(16)20-18;1-11-10-16(18-13-8-6-12(17)7-9-13)19-15-5-3-2-4-14(11)15/h4-11H,1-3H3,(H,19,20);4-12H,3H2,1-2H3,(H,19,20);2-10H,1H3,(H,18,19). The largest absolute Gasteiger partial charge is 0.340 e. The Hall–Kier alpha value is -6.57. The summed E-state index contributed by atoms with van der Waals surface area (Å²) in [6.07, 6.45) is 1.06. The maximum atomic E-state index is 4.74. The molecule has 3 N–H and O–H groups in total. The minimum absolute atomic E-state index is 0.874. The zero-order valence-electron chi connectivity index (χ0n) is 34.4. The van der Waals surface area contributed by atoms with E-state index in [0.717, 1.165) is 62.0 Å². The monoisotopic (exact) mass is 836 g/mol. The van der Waals surface area contributed by atoms with Crippen LogP contribution in [0.4, 0.5) is 34.5 Å². The number of pyridine rings is 3. The van der Waals surface area contributed by atoms with E-state index in [0.29, 0.717) is 0 Å². The van der Waals surface area contributed by atoms with Crippen LogP contribution in [0.15, 0.2) is 162 Å². The molecule has 9 aromatic rings. The number of benzene rings is 6. The molecule has 9 rings (SSSR count). The van der Waals surface area contributed by atoms with Crippen molar-refractivity contribution >= 4 is 83.2 Å². The molecule has 0 spiro atoms. The SMILES string of the molecule is CCc1ccc(Nc2cc(C)c3ccccc3n2)cc1.Cc1cc(C)c2c(C)cc(Nc3ccccc3)nc2c1.Cc1cc(Nc2ccc(Br)cc2)nc2ccccc12. The average molecular weight is 838 g/mol. The molecule has 0 fully saturated rings. The van der Waals surface area contributed by atoms with Gasteiger partial charge in [0.25, 0.3) is 0 Å². The van der Waals surface area contributed by atoms with E-state index in [1.165, 1.54) is 49.5 Å².